The zero-order valence-corrected chi connectivity index (χ0v) is 11.6. The molecule has 1 aliphatic rings. The lowest BCUT2D eigenvalue weighted by Gasteiger charge is -2.16. The first kappa shape index (κ1) is 13.8. The van der Waals surface area contributed by atoms with Gasteiger partial charge in [0.15, 0.2) is 0 Å². The van der Waals surface area contributed by atoms with E-state index in [0.29, 0.717) is 5.69 Å². The van der Waals surface area contributed by atoms with E-state index in [4.69, 9.17) is 0 Å². The summed E-state index contributed by atoms with van der Waals surface area (Å²) in [5, 5.41) is 13.8. The van der Waals surface area contributed by atoms with Crippen LogP contribution in [-0.2, 0) is 6.54 Å². The number of nitrogens with one attached hydrogen (secondary N) is 1. The SMILES string of the molecule is CCC1CCN(Cc2ccc([N+](=O)[O-])c(NC)c2)C1. The molecule has 0 radical (unpaired) electrons. The fourth-order valence-corrected chi connectivity index (χ4v) is 2.69. The quantitative estimate of drug-likeness (QED) is 0.655. The molecule has 0 bridgehead atoms. The summed E-state index contributed by atoms with van der Waals surface area (Å²) in [6.07, 6.45) is 2.50. The van der Waals surface area contributed by atoms with Crippen LogP contribution in [0.2, 0.25) is 0 Å². The van der Waals surface area contributed by atoms with Crippen molar-refractivity contribution < 1.29 is 4.92 Å². The van der Waals surface area contributed by atoms with E-state index in [9.17, 15) is 10.1 Å². The zero-order valence-electron chi connectivity index (χ0n) is 11.6. The van der Waals surface area contributed by atoms with Gasteiger partial charge in [0, 0.05) is 26.2 Å². The van der Waals surface area contributed by atoms with Crippen molar-refractivity contribution in [2.45, 2.75) is 26.3 Å². The summed E-state index contributed by atoms with van der Waals surface area (Å²) < 4.78 is 0. The summed E-state index contributed by atoms with van der Waals surface area (Å²) >= 11 is 0. The molecule has 0 amide bonds. The van der Waals surface area contributed by atoms with Crippen LogP contribution in [0.25, 0.3) is 0 Å². The van der Waals surface area contributed by atoms with Gasteiger partial charge in [0.2, 0.25) is 0 Å². The molecule has 0 spiro atoms. The maximum atomic E-state index is 10.9. The summed E-state index contributed by atoms with van der Waals surface area (Å²) in [7, 11) is 1.72. The summed E-state index contributed by atoms with van der Waals surface area (Å²) in [6, 6.07) is 5.34. The van der Waals surface area contributed by atoms with Gasteiger partial charge in [-0.25, -0.2) is 0 Å². The highest BCUT2D eigenvalue weighted by Crippen LogP contribution is 2.27. The first-order valence-corrected chi connectivity index (χ1v) is 6.81. The van der Waals surface area contributed by atoms with Gasteiger partial charge >= 0.3 is 0 Å². The lowest BCUT2D eigenvalue weighted by Crippen LogP contribution is -2.20. The second-order valence-electron chi connectivity index (χ2n) is 5.16. The molecule has 1 aromatic carbocycles. The molecule has 1 heterocycles. The van der Waals surface area contributed by atoms with Crippen molar-refractivity contribution in [3.8, 4) is 0 Å². The number of hydrogen-bond donors (Lipinski definition) is 1. The minimum atomic E-state index is -0.349. The van der Waals surface area contributed by atoms with Gasteiger partial charge in [-0.05, 0) is 30.5 Å². The zero-order chi connectivity index (χ0) is 13.8. The molecule has 1 fully saturated rings. The van der Waals surface area contributed by atoms with Gasteiger partial charge in [0.25, 0.3) is 5.69 Å². The maximum absolute atomic E-state index is 10.9. The average molecular weight is 263 g/mol. The number of hydrogen-bond acceptors (Lipinski definition) is 4. The Kier molecular flexibility index (Phi) is 4.37. The largest absolute Gasteiger partial charge is 0.383 e. The summed E-state index contributed by atoms with van der Waals surface area (Å²) in [4.78, 5) is 13.0. The minimum Gasteiger partial charge on any atom is -0.383 e. The summed E-state index contributed by atoms with van der Waals surface area (Å²) in [5.74, 6) is 0.807. The maximum Gasteiger partial charge on any atom is 0.292 e. The first-order valence-electron chi connectivity index (χ1n) is 6.81. The molecule has 1 aromatic rings. The van der Waals surface area contributed by atoms with Crippen LogP contribution in [0.3, 0.4) is 0 Å². The Morgan fingerprint density at radius 2 is 2.32 bits per heavy atom. The van der Waals surface area contributed by atoms with Gasteiger partial charge in [-0.15, -0.1) is 0 Å². The second-order valence-corrected chi connectivity index (χ2v) is 5.16. The monoisotopic (exact) mass is 263 g/mol. The molecule has 1 unspecified atom stereocenters. The number of likely N-dealkylation sites (tertiary alicyclic amines) is 1. The van der Waals surface area contributed by atoms with E-state index in [1.807, 2.05) is 12.1 Å². The van der Waals surface area contributed by atoms with Crippen LogP contribution in [0.15, 0.2) is 18.2 Å². The molecule has 0 saturated carbocycles. The Balaban J connectivity index is 2.07. The molecule has 5 heteroatoms. The van der Waals surface area contributed by atoms with Crippen molar-refractivity contribution in [3.63, 3.8) is 0 Å². The van der Waals surface area contributed by atoms with E-state index < -0.39 is 0 Å². The Bertz CT molecular complexity index is 462. The predicted octanol–water partition coefficient (Wildman–Crippen LogP) is 2.87. The molecule has 1 atom stereocenters. The fourth-order valence-electron chi connectivity index (χ4n) is 2.69. The average Bonchev–Trinajstić information content (AvgIpc) is 2.86. The molecule has 0 aliphatic carbocycles. The van der Waals surface area contributed by atoms with Crippen LogP contribution >= 0.6 is 0 Å². The molecule has 1 saturated heterocycles. The molecule has 5 nitrogen and oxygen atoms in total. The van der Waals surface area contributed by atoms with Gasteiger partial charge < -0.3 is 5.32 Å². The van der Waals surface area contributed by atoms with Gasteiger partial charge in [0.1, 0.15) is 5.69 Å². The topological polar surface area (TPSA) is 58.4 Å². The van der Waals surface area contributed by atoms with Gasteiger partial charge in [0.05, 0.1) is 4.92 Å². The van der Waals surface area contributed by atoms with Crippen molar-refractivity contribution in [2.75, 3.05) is 25.5 Å². The van der Waals surface area contributed by atoms with Crippen molar-refractivity contribution in [1.29, 1.82) is 0 Å². The number of rotatable bonds is 5. The number of benzene rings is 1. The third-order valence-corrected chi connectivity index (χ3v) is 3.88. The summed E-state index contributed by atoms with van der Waals surface area (Å²) in [6.45, 7) is 5.38. The predicted molar refractivity (Wildman–Crippen MR) is 76.3 cm³/mol. The molecular formula is C14H21N3O2. The first-order chi connectivity index (χ1) is 9.13. The number of nitro benzene ring substituents is 1. The molecular weight excluding hydrogens is 242 g/mol. The lowest BCUT2D eigenvalue weighted by atomic mass is 10.1. The van der Waals surface area contributed by atoms with Crippen molar-refractivity contribution in [3.05, 3.63) is 33.9 Å². The Labute approximate surface area is 113 Å². The highest BCUT2D eigenvalue weighted by Gasteiger charge is 2.21. The summed E-state index contributed by atoms with van der Waals surface area (Å²) in [5.41, 5.74) is 1.86. The minimum absolute atomic E-state index is 0.138. The van der Waals surface area contributed by atoms with Crippen molar-refractivity contribution in [1.82, 2.24) is 4.90 Å². The molecule has 2 rings (SSSR count). The van der Waals surface area contributed by atoms with Crippen molar-refractivity contribution >= 4 is 11.4 Å². The highest BCUT2D eigenvalue weighted by atomic mass is 16.6. The van der Waals surface area contributed by atoms with Crippen LogP contribution in [0, 0.1) is 16.0 Å². The van der Waals surface area contributed by atoms with Crippen LogP contribution in [-0.4, -0.2) is 30.0 Å². The van der Waals surface area contributed by atoms with Crippen LogP contribution in [0.5, 0.6) is 0 Å². The third kappa shape index (κ3) is 3.23. The Morgan fingerprint density at radius 3 is 2.89 bits per heavy atom. The molecule has 1 N–H and O–H groups in total. The van der Waals surface area contributed by atoms with Crippen molar-refractivity contribution in [2.24, 2.45) is 5.92 Å². The number of nitrogens with zero attached hydrogens (tertiary/aromatic N) is 2. The highest BCUT2D eigenvalue weighted by molar-refractivity contribution is 5.62. The van der Waals surface area contributed by atoms with Gasteiger partial charge in [-0.1, -0.05) is 19.4 Å². The second kappa shape index (κ2) is 6.02. The van der Waals surface area contributed by atoms with Crippen LogP contribution in [0.4, 0.5) is 11.4 Å². The van der Waals surface area contributed by atoms with Gasteiger partial charge in [-0.2, -0.15) is 0 Å². The van der Waals surface area contributed by atoms with E-state index in [2.05, 4.69) is 17.1 Å². The van der Waals surface area contributed by atoms with E-state index in [1.165, 1.54) is 12.8 Å². The van der Waals surface area contributed by atoms with E-state index >= 15 is 0 Å². The third-order valence-electron chi connectivity index (χ3n) is 3.88. The molecule has 104 valence electrons. The molecule has 0 aromatic heterocycles. The number of nitro groups is 1. The van der Waals surface area contributed by atoms with E-state index in [1.54, 1.807) is 13.1 Å². The fraction of sp³-hybridized carbons (Fsp3) is 0.571. The molecule has 1 aliphatic heterocycles. The Hall–Kier alpha value is -1.62. The normalized spacial score (nSPS) is 19.6. The van der Waals surface area contributed by atoms with Crippen LogP contribution in [0.1, 0.15) is 25.3 Å². The van der Waals surface area contributed by atoms with Crippen LogP contribution < -0.4 is 5.32 Å². The Morgan fingerprint density at radius 1 is 1.53 bits per heavy atom. The van der Waals surface area contributed by atoms with E-state index in [0.717, 1.165) is 31.1 Å². The lowest BCUT2D eigenvalue weighted by molar-refractivity contribution is -0.384. The number of anilines is 1. The molecule has 19 heavy (non-hydrogen) atoms. The smallest absolute Gasteiger partial charge is 0.292 e. The standard InChI is InChI=1S/C14H21N3O2/c1-3-11-6-7-16(9-11)10-12-4-5-14(17(18)19)13(8-12)15-2/h4-5,8,11,15H,3,6-7,9-10H2,1-2H3. The van der Waals surface area contributed by atoms with Gasteiger partial charge in [-0.3, -0.25) is 15.0 Å². The van der Waals surface area contributed by atoms with E-state index in [-0.39, 0.29) is 10.6 Å².